The van der Waals surface area contributed by atoms with Crippen LogP contribution in [0.25, 0.3) is 0 Å². The third-order valence-electron chi connectivity index (χ3n) is 2.69. The largest absolute Gasteiger partial charge is 0.394 e. The van der Waals surface area contributed by atoms with Gasteiger partial charge in [0, 0.05) is 17.7 Å². The zero-order chi connectivity index (χ0) is 13.8. The molecule has 0 aliphatic heterocycles. The molecule has 1 heterocycles. The molecule has 1 aromatic heterocycles. The molecule has 0 radical (unpaired) electrons. The zero-order valence-corrected chi connectivity index (χ0v) is 11.0. The second-order valence-electron chi connectivity index (χ2n) is 4.79. The third-order valence-corrected chi connectivity index (χ3v) is 2.69. The smallest absolute Gasteiger partial charge is 0.133 e. The fourth-order valence-corrected chi connectivity index (χ4v) is 1.45. The van der Waals surface area contributed by atoms with Crippen molar-refractivity contribution in [3.8, 4) is 0 Å². The highest BCUT2D eigenvalue weighted by Gasteiger charge is 2.28. The summed E-state index contributed by atoms with van der Waals surface area (Å²) in [6.45, 7) is 4.64. The maximum absolute atomic E-state index is 9.26. The van der Waals surface area contributed by atoms with E-state index in [1.54, 1.807) is 6.07 Å². The molecule has 6 heteroatoms. The van der Waals surface area contributed by atoms with Crippen molar-refractivity contribution >= 4 is 5.82 Å². The Bertz CT molecular complexity index is 384. The minimum atomic E-state index is -1.17. The van der Waals surface area contributed by atoms with Gasteiger partial charge in [-0.25, -0.2) is 9.97 Å². The number of hydrogen-bond donors (Lipinski definition) is 4. The number of aromatic nitrogens is 2. The number of nitrogens with zero attached hydrogens (tertiary/aromatic N) is 2. The summed E-state index contributed by atoms with van der Waals surface area (Å²) < 4.78 is 0. The lowest BCUT2D eigenvalue weighted by Gasteiger charge is -2.29. The Morgan fingerprint density at radius 1 is 1.17 bits per heavy atom. The molecule has 0 aromatic carbocycles. The predicted octanol–water partition coefficient (Wildman–Crippen LogP) is 0.0360. The van der Waals surface area contributed by atoms with Crippen LogP contribution in [0.5, 0.6) is 0 Å². The van der Waals surface area contributed by atoms with Gasteiger partial charge < -0.3 is 20.6 Å². The van der Waals surface area contributed by atoms with Crippen LogP contribution < -0.4 is 5.32 Å². The molecule has 0 spiro atoms. The first kappa shape index (κ1) is 14.8. The second kappa shape index (κ2) is 6.08. The normalized spacial score (nSPS) is 11.9. The molecule has 0 aliphatic rings. The molecule has 0 fully saturated rings. The first-order chi connectivity index (χ1) is 8.46. The summed E-state index contributed by atoms with van der Waals surface area (Å²) in [6.07, 6.45) is 0. The number of aliphatic hydroxyl groups excluding tert-OH is 3. The average Bonchev–Trinajstić information content (AvgIpc) is 2.35. The summed E-state index contributed by atoms with van der Waals surface area (Å²) in [5, 5.41) is 30.7. The molecule has 0 amide bonds. The van der Waals surface area contributed by atoms with E-state index < -0.39 is 5.54 Å². The summed E-state index contributed by atoms with van der Waals surface area (Å²) in [5.74, 6) is 1.35. The van der Waals surface area contributed by atoms with Crippen molar-refractivity contribution in [2.75, 3.05) is 25.1 Å². The lowest BCUT2D eigenvalue weighted by molar-refractivity contribution is 0.0830. The summed E-state index contributed by atoms with van der Waals surface area (Å²) in [5.41, 5.74) is -0.381. The van der Waals surface area contributed by atoms with Crippen LogP contribution in [0.2, 0.25) is 0 Å². The van der Waals surface area contributed by atoms with Gasteiger partial charge in [-0.3, -0.25) is 0 Å². The topological polar surface area (TPSA) is 98.5 Å². The second-order valence-corrected chi connectivity index (χ2v) is 4.79. The molecule has 0 atom stereocenters. The quantitative estimate of drug-likeness (QED) is 0.573. The number of rotatable bonds is 6. The van der Waals surface area contributed by atoms with E-state index in [0.29, 0.717) is 11.6 Å². The molecule has 1 rings (SSSR count). The molecule has 0 aliphatic carbocycles. The van der Waals surface area contributed by atoms with Crippen molar-refractivity contribution in [1.29, 1.82) is 0 Å². The van der Waals surface area contributed by atoms with Crippen molar-refractivity contribution in [1.82, 2.24) is 9.97 Å². The molecule has 0 bridgehead atoms. The Hall–Kier alpha value is -1.24. The van der Waals surface area contributed by atoms with Crippen LogP contribution in [0.4, 0.5) is 5.82 Å². The Balaban J connectivity index is 3.03. The number of aryl methyl sites for hydroxylation is 1. The van der Waals surface area contributed by atoms with Gasteiger partial charge in [0.15, 0.2) is 0 Å². The summed E-state index contributed by atoms with van der Waals surface area (Å²) in [6, 6.07) is 1.71. The monoisotopic (exact) mass is 255 g/mol. The van der Waals surface area contributed by atoms with Crippen molar-refractivity contribution in [2.45, 2.75) is 32.2 Å². The average molecular weight is 255 g/mol. The van der Waals surface area contributed by atoms with Gasteiger partial charge in [0.25, 0.3) is 0 Å². The van der Waals surface area contributed by atoms with Gasteiger partial charge in [0.2, 0.25) is 0 Å². The molecule has 0 unspecified atom stereocenters. The maximum atomic E-state index is 9.26. The van der Waals surface area contributed by atoms with Crippen LogP contribution in [-0.4, -0.2) is 50.6 Å². The Labute approximate surface area is 107 Å². The first-order valence-corrected chi connectivity index (χ1v) is 5.92. The standard InChI is InChI=1S/C12H21N3O3/c1-8(2)11-13-9(3)4-10(14-11)15-12(5-16,6-17)7-18/h4,8,16-18H,5-7H2,1-3H3,(H,13,14,15). The Kier molecular flexibility index (Phi) is 5.01. The van der Waals surface area contributed by atoms with Crippen LogP contribution in [0, 0.1) is 6.92 Å². The number of aliphatic hydroxyl groups is 3. The molecular formula is C12H21N3O3. The van der Waals surface area contributed by atoms with E-state index in [2.05, 4.69) is 15.3 Å². The van der Waals surface area contributed by atoms with Crippen molar-refractivity contribution in [3.05, 3.63) is 17.6 Å². The fraction of sp³-hybridized carbons (Fsp3) is 0.667. The molecule has 1 aromatic rings. The van der Waals surface area contributed by atoms with E-state index >= 15 is 0 Å². The van der Waals surface area contributed by atoms with Crippen molar-refractivity contribution < 1.29 is 15.3 Å². The maximum Gasteiger partial charge on any atom is 0.133 e. The van der Waals surface area contributed by atoms with Crippen LogP contribution in [0.15, 0.2) is 6.07 Å². The highest BCUT2D eigenvalue weighted by molar-refractivity contribution is 5.39. The third kappa shape index (κ3) is 3.38. The molecule has 18 heavy (non-hydrogen) atoms. The van der Waals surface area contributed by atoms with Gasteiger partial charge in [-0.05, 0) is 6.92 Å². The number of anilines is 1. The predicted molar refractivity (Wildman–Crippen MR) is 68.5 cm³/mol. The van der Waals surface area contributed by atoms with Crippen molar-refractivity contribution in [2.24, 2.45) is 0 Å². The minimum Gasteiger partial charge on any atom is -0.394 e. The zero-order valence-electron chi connectivity index (χ0n) is 11.0. The molecule has 102 valence electrons. The lowest BCUT2D eigenvalue weighted by atomic mass is 10.0. The molecule has 0 saturated carbocycles. The minimum absolute atomic E-state index is 0.178. The van der Waals surface area contributed by atoms with Crippen LogP contribution >= 0.6 is 0 Å². The van der Waals surface area contributed by atoms with Gasteiger partial charge in [-0.2, -0.15) is 0 Å². The summed E-state index contributed by atoms with van der Waals surface area (Å²) in [7, 11) is 0. The van der Waals surface area contributed by atoms with E-state index in [9.17, 15) is 15.3 Å². The molecule has 4 N–H and O–H groups in total. The van der Waals surface area contributed by atoms with Crippen LogP contribution in [0.3, 0.4) is 0 Å². The highest BCUT2D eigenvalue weighted by Crippen LogP contribution is 2.17. The van der Waals surface area contributed by atoms with Gasteiger partial charge in [-0.1, -0.05) is 13.8 Å². The van der Waals surface area contributed by atoms with Crippen LogP contribution in [0.1, 0.15) is 31.3 Å². The first-order valence-electron chi connectivity index (χ1n) is 5.92. The van der Waals surface area contributed by atoms with E-state index in [1.165, 1.54) is 0 Å². The van der Waals surface area contributed by atoms with Crippen molar-refractivity contribution in [3.63, 3.8) is 0 Å². The highest BCUT2D eigenvalue weighted by atomic mass is 16.3. The van der Waals surface area contributed by atoms with Gasteiger partial charge in [0.05, 0.1) is 19.8 Å². The molecule has 6 nitrogen and oxygen atoms in total. The summed E-state index contributed by atoms with van der Waals surface area (Å²) in [4.78, 5) is 8.61. The van der Waals surface area contributed by atoms with E-state index in [-0.39, 0.29) is 25.7 Å². The van der Waals surface area contributed by atoms with Gasteiger partial charge in [-0.15, -0.1) is 0 Å². The fourth-order valence-electron chi connectivity index (χ4n) is 1.45. The van der Waals surface area contributed by atoms with E-state index in [4.69, 9.17) is 0 Å². The van der Waals surface area contributed by atoms with Gasteiger partial charge >= 0.3 is 0 Å². The Morgan fingerprint density at radius 2 is 1.72 bits per heavy atom. The summed E-state index contributed by atoms with van der Waals surface area (Å²) >= 11 is 0. The molecule has 0 saturated heterocycles. The Morgan fingerprint density at radius 3 is 2.17 bits per heavy atom. The SMILES string of the molecule is Cc1cc(NC(CO)(CO)CO)nc(C(C)C)n1. The number of nitrogens with one attached hydrogen (secondary N) is 1. The van der Waals surface area contributed by atoms with E-state index in [0.717, 1.165) is 5.69 Å². The lowest BCUT2D eigenvalue weighted by Crippen LogP contribution is -2.49. The molecular weight excluding hydrogens is 234 g/mol. The van der Waals surface area contributed by atoms with Crippen LogP contribution in [-0.2, 0) is 0 Å². The number of hydrogen-bond acceptors (Lipinski definition) is 6. The van der Waals surface area contributed by atoms with E-state index in [1.807, 2.05) is 20.8 Å². The van der Waals surface area contributed by atoms with Gasteiger partial charge in [0.1, 0.15) is 17.2 Å².